The second-order valence-electron chi connectivity index (χ2n) is 4.31. The average molecular weight is 233 g/mol. The van der Waals surface area contributed by atoms with Gasteiger partial charge in [0.2, 0.25) is 0 Å². The Hall–Kier alpha value is 0.270. The van der Waals surface area contributed by atoms with Gasteiger partial charge in [-0.25, -0.2) is 0 Å². The molecule has 0 aromatic carbocycles. The summed E-state index contributed by atoms with van der Waals surface area (Å²) in [6, 6.07) is 0.510. The molecule has 0 aromatic rings. The Kier molecular flexibility index (Phi) is 11.0. The summed E-state index contributed by atoms with van der Waals surface area (Å²) in [5.74, 6) is 1.95. The van der Waals surface area contributed by atoms with Gasteiger partial charge in [0.15, 0.2) is 0 Å². The number of ether oxygens (including phenoxy) is 1. The van der Waals surface area contributed by atoms with E-state index in [1.807, 2.05) is 11.8 Å². The lowest BCUT2D eigenvalue weighted by Crippen LogP contribution is -2.38. The van der Waals surface area contributed by atoms with Gasteiger partial charge in [-0.1, -0.05) is 20.3 Å². The Morgan fingerprint density at radius 1 is 1.20 bits per heavy atom. The zero-order valence-corrected chi connectivity index (χ0v) is 11.5. The Balaban J connectivity index is 3.37. The fourth-order valence-electron chi connectivity index (χ4n) is 1.50. The smallest absolute Gasteiger partial charge is 0.0618 e. The van der Waals surface area contributed by atoms with Crippen LogP contribution in [0.3, 0.4) is 0 Å². The monoisotopic (exact) mass is 233 g/mol. The molecular formula is C12H27NOS. The van der Waals surface area contributed by atoms with E-state index in [1.54, 1.807) is 7.11 Å². The molecule has 1 atom stereocenters. The van der Waals surface area contributed by atoms with E-state index in [-0.39, 0.29) is 0 Å². The molecule has 0 spiro atoms. The van der Waals surface area contributed by atoms with E-state index >= 15 is 0 Å². The molecule has 1 unspecified atom stereocenters. The van der Waals surface area contributed by atoms with Gasteiger partial charge in [0, 0.05) is 13.2 Å². The minimum Gasteiger partial charge on any atom is -0.383 e. The third-order valence-electron chi connectivity index (χ3n) is 2.58. The molecule has 0 fully saturated rings. The zero-order chi connectivity index (χ0) is 11.5. The first kappa shape index (κ1) is 15.3. The second kappa shape index (κ2) is 10.8. The van der Waals surface area contributed by atoms with Crippen LogP contribution in [-0.4, -0.2) is 38.3 Å². The summed E-state index contributed by atoms with van der Waals surface area (Å²) in [6.45, 7) is 6.43. The maximum absolute atomic E-state index is 5.20. The molecule has 3 heteroatoms. The van der Waals surface area contributed by atoms with E-state index in [0.717, 1.165) is 13.2 Å². The highest BCUT2D eigenvalue weighted by atomic mass is 32.2. The highest BCUT2D eigenvalue weighted by Crippen LogP contribution is 2.04. The third kappa shape index (κ3) is 9.21. The number of hydrogen-bond donors (Lipinski definition) is 1. The predicted octanol–water partition coefficient (Wildman–Crippen LogP) is 2.78. The number of methoxy groups -OCH3 is 1. The first-order valence-electron chi connectivity index (χ1n) is 5.93. The van der Waals surface area contributed by atoms with Crippen LogP contribution < -0.4 is 5.32 Å². The van der Waals surface area contributed by atoms with Gasteiger partial charge in [0.25, 0.3) is 0 Å². The molecule has 92 valence electrons. The summed E-state index contributed by atoms with van der Waals surface area (Å²) in [5.41, 5.74) is 0. The Morgan fingerprint density at radius 2 is 1.93 bits per heavy atom. The molecule has 15 heavy (non-hydrogen) atoms. The summed E-state index contributed by atoms with van der Waals surface area (Å²) < 4.78 is 5.20. The summed E-state index contributed by atoms with van der Waals surface area (Å²) in [4.78, 5) is 0. The lowest BCUT2D eigenvalue weighted by atomic mass is 10.1. The second-order valence-corrected chi connectivity index (χ2v) is 5.30. The molecule has 0 aliphatic rings. The highest BCUT2D eigenvalue weighted by molar-refractivity contribution is 7.98. The molecule has 0 aliphatic carbocycles. The lowest BCUT2D eigenvalue weighted by Gasteiger charge is -2.21. The number of unbranched alkanes of at least 4 members (excludes halogenated alkanes) is 2. The topological polar surface area (TPSA) is 21.3 Å². The standard InChI is InChI=1S/C12H27NOS/c1-11(2)12(10-14-3)13-8-6-5-7-9-15-4/h11-13H,5-10H2,1-4H3. The molecular weight excluding hydrogens is 206 g/mol. The van der Waals surface area contributed by atoms with E-state index in [1.165, 1.54) is 25.0 Å². The van der Waals surface area contributed by atoms with Crippen molar-refractivity contribution in [3.63, 3.8) is 0 Å². The van der Waals surface area contributed by atoms with Crippen LogP contribution in [0.15, 0.2) is 0 Å². The van der Waals surface area contributed by atoms with E-state index in [2.05, 4.69) is 25.4 Å². The van der Waals surface area contributed by atoms with Crippen molar-refractivity contribution in [2.45, 2.75) is 39.2 Å². The van der Waals surface area contributed by atoms with Crippen molar-refractivity contribution in [2.75, 3.05) is 32.3 Å². The van der Waals surface area contributed by atoms with E-state index in [4.69, 9.17) is 4.74 Å². The fraction of sp³-hybridized carbons (Fsp3) is 1.00. The summed E-state index contributed by atoms with van der Waals surface area (Å²) in [6.07, 6.45) is 6.14. The van der Waals surface area contributed by atoms with Crippen LogP contribution in [-0.2, 0) is 4.74 Å². The normalized spacial score (nSPS) is 13.4. The molecule has 0 saturated heterocycles. The molecule has 0 aliphatic heterocycles. The van der Waals surface area contributed by atoms with E-state index in [9.17, 15) is 0 Å². The van der Waals surface area contributed by atoms with Gasteiger partial charge in [0.1, 0.15) is 0 Å². The lowest BCUT2D eigenvalue weighted by molar-refractivity contribution is 0.147. The van der Waals surface area contributed by atoms with Crippen LogP contribution in [0, 0.1) is 5.92 Å². The van der Waals surface area contributed by atoms with Gasteiger partial charge < -0.3 is 10.1 Å². The Bertz CT molecular complexity index is 131. The van der Waals surface area contributed by atoms with Crippen molar-refractivity contribution < 1.29 is 4.74 Å². The van der Waals surface area contributed by atoms with Crippen LogP contribution >= 0.6 is 11.8 Å². The van der Waals surface area contributed by atoms with Gasteiger partial charge >= 0.3 is 0 Å². The predicted molar refractivity (Wildman–Crippen MR) is 70.7 cm³/mol. The van der Waals surface area contributed by atoms with Gasteiger partial charge in [-0.05, 0) is 37.3 Å². The largest absolute Gasteiger partial charge is 0.383 e. The number of nitrogens with one attached hydrogen (secondary N) is 1. The molecule has 0 amide bonds. The van der Waals surface area contributed by atoms with Crippen LogP contribution in [0.4, 0.5) is 0 Å². The van der Waals surface area contributed by atoms with Crippen molar-refractivity contribution in [1.82, 2.24) is 5.32 Å². The van der Waals surface area contributed by atoms with Gasteiger partial charge in [-0.3, -0.25) is 0 Å². The first-order valence-corrected chi connectivity index (χ1v) is 7.33. The maximum Gasteiger partial charge on any atom is 0.0618 e. The SMILES string of the molecule is COCC(NCCCCCSC)C(C)C. The first-order chi connectivity index (χ1) is 7.22. The van der Waals surface area contributed by atoms with Crippen LogP contribution in [0.2, 0.25) is 0 Å². The fourth-order valence-corrected chi connectivity index (χ4v) is 2.00. The minimum atomic E-state index is 0.510. The van der Waals surface area contributed by atoms with Crippen molar-refractivity contribution in [3.8, 4) is 0 Å². The Morgan fingerprint density at radius 3 is 2.47 bits per heavy atom. The van der Waals surface area contributed by atoms with Crippen LogP contribution in [0.5, 0.6) is 0 Å². The number of thioether (sulfide) groups is 1. The van der Waals surface area contributed by atoms with Crippen LogP contribution in [0.1, 0.15) is 33.1 Å². The molecule has 0 bridgehead atoms. The summed E-state index contributed by atoms with van der Waals surface area (Å²) in [7, 11) is 1.77. The van der Waals surface area contributed by atoms with E-state index < -0.39 is 0 Å². The molecule has 1 N–H and O–H groups in total. The van der Waals surface area contributed by atoms with Crippen molar-refractivity contribution in [3.05, 3.63) is 0 Å². The van der Waals surface area contributed by atoms with Crippen molar-refractivity contribution in [2.24, 2.45) is 5.92 Å². The quantitative estimate of drug-likeness (QED) is 0.586. The summed E-state index contributed by atoms with van der Waals surface area (Å²) in [5, 5.41) is 3.57. The summed E-state index contributed by atoms with van der Waals surface area (Å²) >= 11 is 1.94. The van der Waals surface area contributed by atoms with Gasteiger partial charge in [-0.15, -0.1) is 0 Å². The average Bonchev–Trinajstić information content (AvgIpc) is 2.21. The Labute approximate surface area is 99.5 Å². The van der Waals surface area contributed by atoms with E-state index in [0.29, 0.717) is 12.0 Å². The molecule has 0 rings (SSSR count). The molecule has 0 aromatic heterocycles. The molecule has 2 nitrogen and oxygen atoms in total. The van der Waals surface area contributed by atoms with Gasteiger partial charge in [-0.2, -0.15) is 11.8 Å². The zero-order valence-electron chi connectivity index (χ0n) is 10.7. The highest BCUT2D eigenvalue weighted by Gasteiger charge is 2.11. The maximum atomic E-state index is 5.20. The molecule has 0 radical (unpaired) electrons. The number of hydrogen-bond acceptors (Lipinski definition) is 3. The van der Waals surface area contributed by atoms with Crippen molar-refractivity contribution in [1.29, 1.82) is 0 Å². The number of rotatable bonds is 10. The molecule has 0 heterocycles. The van der Waals surface area contributed by atoms with Crippen molar-refractivity contribution >= 4 is 11.8 Å². The van der Waals surface area contributed by atoms with Crippen LogP contribution in [0.25, 0.3) is 0 Å². The third-order valence-corrected chi connectivity index (χ3v) is 3.28. The minimum absolute atomic E-state index is 0.510. The molecule has 0 saturated carbocycles. The van der Waals surface area contributed by atoms with Gasteiger partial charge in [0.05, 0.1) is 6.61 Å².